The summed E-state index contributed by atoms with van der Waals surface area (Å²) in [6.07, 6.45) is 3.19. The highest BCUT2D eigenvalue weighted by atomic mass is 32.2. The molecular formula is C9H19NOS. The van der Waals surface area contributed by atoms with E-state index in [0.29, 0.717) is 6.54 Å². The van der Waals surface area contributed by atoms with Crippen LogP contribution in [0.4, 0.5) is 0 Å². The predicted molar refractivity (Wildman–Crippen MR) is 54.4 cm³/mol. The maximum atomic E-state index is 10.1. The molecule has 2 unspecified atom stereocenters. The Balaban J connectivity index is 2.56. The van der Waals surface area contributed by atoms with Crippen molar-refractivity contribution in [1.29, 1.82) is 0 Å². The van der Waals surface area contributed by atoms with Crippen LogP contribution in [0.5, 0.6) is 0 Å². The largest absolute Gasteiger partial charge is 0.389 e. The van der Waals surface area contributed by atoms with E-state index in [4.69, 9.17) is 5.73 Å². The summed E-state index contributed by atoms with van der Waals surface area (Å²) in [7, 11) is 0. The summed E-state index contributed by atoms with van der Waals surface area (Å²) in [5, 5.41) is 10.1. The Kier molecular flexibility index (Phi) is 3.07. The highest BCUT2D eigenvalue weighted by molar-refractivity contribution is 8.00. The van der Waals surface area contributed by atoms with Gasteiger partial charge < -0.3 is 10.8 Å². The molecule has 0 aliphatic heterocycles. The fourth-order valence-corrected chi connectivity index (χ4v) is 3.09. The van der Waals surface area contributed by atoms with E-state index in [9.17, 15) is 5.11 Å². The van der Waals surface area contributed by atoms with Crippen molar-refractivity contribution >= 4 is 11.8 Å². The maximum absolute atomic E-state index is 10.1. The van der Waals surface area contributed by atoms with Crippen molar-refractivity contribution in [1.82, 2.24) is 0 Å². The molecule has 0 aromatic rings. The van der Waals surface area contributed by atoms with Gasteiger partial charge in [-0.25, -0.2) is 0 Å². The van der Waals surface area contributed by atoms with Crippen LogP contribution in [-0.4, -0.2) is 27.8 Å². The molecule has 1 aliphatic carbocycles. The molecule has 3 N–H and O–H groups in total. The van der Waals surface area contributed by atoms with Gasteiger partial charge in [-0.3, -0.25) is 0 Å². The van der Waals surface area contributed by atoms with Gasteiger partial charge in [-0.05, 0) is 33.1 Å². The number of aliphatic hydroxyl groups is 1. The monoisotopic (exact) mass is 189 g/mol. The van der Waals surface area contributed by atoms with E-state index < -0.39 is 5.60 Å². The smallest absolute Gasteiger partial charge is 0.0763 e. The molecule has 1 aliphatic rings. The Morgan fingerprint density at radius 1 is 1.42 bits per heavy atom. The zero-order chi connectivity index (χ0) is 9.24. The number of nitrogens with two attached hydrogens (primary N) is 1. The van der Waals surface area contributed by atoms with Crippen LogP contribution in [0.1, 0.15) is 33.1 Å². The van der Waals surface area contributed by atoms with Crippen molar-refractivity contribution < 1.29 is 5.11 Å². The first-order valence-corrected chi connectivity index (χ1v) is 5.57. The molecule has 72 valence electrons. The Hall–Kier alpha value is 0.270. The summed E-state index contributed by atoms with van der Waals surface area (Å²) in [6.45, 7) is 4.81. The van der Waals surface area contributed by atoms with Gasteiger partial charge in [0.05, 0.1) is 5.60 Å². The normalized spacial score (nSPS) is 42.0. The van der Waals surface area contributed by atoms with Crippen molar-refractivity contribution in [2.45, 2.75) is 43.5 Å². The molecular weight excluding hydrogens is 170 g/mol. The van der Waals surface area contributed by atoms with Gasteiger partial charge in [-0.1, -0.05) is 0 Å². The molecule has 2 nitrogen and oxygen atoms in total. The number of thioether (sulfide) groups is 1. The fraction of sp³-hybridized carbons (Fsp3) is 1.00. The molecule has 1 rings (SSSR count). The van der Waals surface area contributed by atoms with Gasteiger partial charge in [0.2, 0.25) is 0 Å². The standard InChI is InChI=1S/C9H19NOS/c1-8(11)4-3-5-9(8,2)12-7-6-10/h11H,3-7,10H2,1-2H3. The van der Waals surface area contributed by atoms with Crippen LogP contribution in [0.15, 0.2) is 0 Å². The second kappa shape index (κ2) is 3.56. The topological polar surface area (TPSA) is 46.2 Å². The van der Waals surface area contributed by atoms with Crippen molar-refractivity contribution in [2.75, 3.05) is 12.3 Å². The fourth-order valence-electron chi connectivity index (χ4n) is 1.82. The van der Waals surface area contributed by atoms with Gasteiger partial charge in [-0.15, -0.1) is 0 Å². The minimum absolute atomic E-state index is 0.0341. The van der Waals surface area contributed by atoms with Gasteiger partial charge in [-0.2, -0.15) is 11.8 Å². The summed E-state index contributed by atoms with van der Waals surface area (Å²) in [4.78, 5) is 0. The van der Waals surface area contributed by atoms with Crippen LogP contribution in [0, 0.1) is 0 Å². The van der Waals surface area contributed by atoms with Crippen LogP contribution in [0.25, 0.3) is 0 Å². The van der Waals surface area contributed by atoms with Crippen LogP contribution < -0.4 is 5.73 Å². The number of hydrogen-bond acceptors (Lipinski definition) is 3. The molecule has 1 saturated carbocycles. The van der Waals surface area contributed by atoms with Gasteiger partial charge in [0.15, 0.2) is 0 Å². The van der Waals surface area contributed by atoms with E-state index in [1.807, 2.05) is 18.7 Å². The molecule has 0 saturated heterocycles. The Labute approximate surface area is 78.9 Å². The number of rotatable bonds is 3. The number of hydrogen-bond donors (Lipinski definition) is 2. The minimum Gasteiger partial charge on any atom is -0.389 e. The highest BCUT2D eigenvalue weighted by Gasteiger charge is 2.47. The van der Waals surface area contributed by atoms with Crippen LogP contribution >= 0.6 is 11.8 Å². The zero-order valence-electron chi connectivity index (χ0n) is 7.97. The van der Waals surface area contributed by atoms with Crippen molar-refractivity contribution in [3.63, 3.8) is 0 Å². The molecule has 0 heterocycles. The molecule has 0 spiro atoms. The van der Waals surface area contributed by atoms with E-state index in [0.717, 1.165) is 25.0 Å². The lowest BCUT2D eigenvalue weighted by Crippen LogP contribution is -2.42. The van der Waals surface area contributed by atoms with E-state index in [1.54, 1.807) is 0 Å². The Morgan fingerprint density at radius 2 is 2.08 bits per heavy atom. The molecule has 0 aromatic carbocycles. The second-order valence-corrected chi connectivity index (χ2v) is 5.59. The molecule has 0 amide bonds. The quantitative estimate of drug-likeness (QED) is 0.705. The minimum atomic E-state index is -0.493. The molecule has 3 heteroatoms. The first kappa shape index (κ1) is 10.4. The third-order valence-electron chi connectivity index (χ3n) is 3.00. The molecule has 1 fully saturated rings. The average Bonchev–Trinajstić information content (AvgIpc) is 2.24. The van der Waals surface area contributed by atoms with Crippen molar-refractivity contribution in [2.24, 2.45) is 5.73 Å². The lowest BCUT2D eigenvalue weighted by Gasteiger charge is -2.36. The molecule has 0 bridgehead atoms. The van der Waals surface area contributed by atoms with E-state index >= 15 is 0 Å². The second-order valence-electron chi connectivity index (χ2n) is 4.00. The van der Waals surface area contributed by atoms with E-state index in [2.05, 4.69) is 6.92 Å². The van der Waals surface area contributed by atoms with Crippen molar-refractivity contribution in [3.8, 4) is 0 Å². The molecule has 0 aromatic heterocycles. The summed E-state index contributed by atoms with van der Waals surface area (Å²) < 4.78 is 0.0341. The molecule has 2 atom stereocenters. The Bertz CT molecular complexity index is 161. The van der Waals surface area contributed by atoms with Gasteiger partial charge in [0.25, 0.3) is 0 Å². The molecule has 0 radical (unpaired) electrons. The third kappa shape index (κ3) is 1.78. The predicted octanol–water partition coefficient (Wildman–Crippen LogP) is 1.37. The summed E-state index contributed by atoms with van der Waals surface area (Å²) in [6, 6.07) is 0. The van der Waals surface area contributed by atoms with Gasteiger partial charge in [0, 0.05) is 17.0 Å². The lowest BCUT2D eigenvalue weighted by molar-refractivity contribution is 0.0437. The summed E-state index contributed by atoms with van der Waals surface area (Å²) in [5.74, 6) is 0.951. The lowest BCUT2D eigenvalue weighted by atomic mass is 9.94. The molecule has 12 heavy (non-hydrogen) atoms. The van der Waals surface area contributed by atoms with Crippen LogP contribution in [-0.2, 0) is 0 Å². The van der Waals surface area contributed by atoms with Gasteiger partial charge >= 0.3 is 0 Å². The SMILES string of the molecule is CC1(O)CCCC1(C)SCCN. The van der Waals surface area contributed by atoms with E-state index in [-0.39, 0.29) is 4.75 Å². The first-order valence-electron chi connectivity index (χ1n) is 4.58. The van der Waals surface area contributed by atoms with E-state index in [1.165, 1.54) is 0 Å². The Morgan fingerprint density at radius 3 is 2.50 bits per heavy atom. The average molecular weight is 189 g/mol. The summed E-state index contributed by atoms with van der Waals surface area (Å²) >= 11 is 1.82. The zero-order valence-corrected chi connectivity index (χ0v) is 8.78. The van der Waals surface area contributed by atoms with Crippen LogP contribution in [0.2, 0.25) is 0 Å². The maximum Gasteiger partial charge on any atom is 0.0763 e. The third-order valence-corrected chi connectivity index (χ3v) is 4.72. The summed E-state index contributed by atoms with van der Waals surface area (Å²) in [5.41, 5.74) is 4.96. The first-order chi connectivity index (χ1) is 5.52. The highest BCUT2D eigenvalue weighted by Crippen LogP contribution is 2.47. The van der Waals surface area contributed by atoms with Crippen LogP contribution in [0.3, 0.4) is 0 Å². The van der Waals surface area contributed by atoms with Gasteiger partial charge in [0.1, 0.15) is 0 Å². The van der Waals surface area contributed by atoms with Crippen molar-refractivity contribution in [3.05, 3.63) is 0 Å².